The summed E-state index contributed by atoms with van der Waals surface area (Å²) in [6.07, 6.45) is 5.34. The minimum atomic E-state index is -4.64. The average Bonchev–Trinajstić information content (AvgIpc) is 3.96. The average molecular weight is 916 g/mol. The lowest BCUT2D eigenvalue weighted by Gasteiger charge is -2.39. The van der Waals surface area contributed by atoms with Gasteiger partial charge < -0.3 is 15.0 Å². The number of carbonyl (C=O) groups excluding carboxylic acids is 1. The number of ether oxygens (including phenoxy) is 1. The molecule has 3 aliphatic heterocycles. The number of benzene rings is 4. The lowest BCUT2D eigenvalue weighted by molar-refractivity contribution is -0.384. The zero-order chi connectivity index (χ0) is 45.2. The number of nitro groups is 1. The van der Waals surface area contributed by atoms with Crippen LogP contribution in [0.2, 0.25) is 5.02 Å². The second-order valence-electron chi connectivity index (χ2n) is 17.7. The first-order chi connectivity index (χ1) is 30.7. The molecule has 8 rings (SSSR count). The maximum Gasteiger partial charge on any atom is 0.293 e. The van der Waals surface area contributed by atoms with Crippen molar-refractivity contribution in [2.45, 2.75) is 63.1 Å². The van der Waals surface area contributed by atoms with Gasteiger partial charge in [0.15, 0.2) is 0 Å². The first kappa shape index (κ1) is 45.2. The highest BCUT2D eigenvalue weighted by Crippen LogP contribution is 2.44. The summed E-state index contributed by atoms with van der Waals surface area (Å²) in [5.74, 6) is -0.408. The van der Waals surface area contributed by atoms with Gasteiger partial charge in [-0.15, -0.1) is 0 Å². The number of allylic oxidation sites excluding steroid dienone is 1. The van der Waals surface area contributed by atoms with E-state index in [0.29, 0.717) is 38.3 Å². The maximum atomic E-state index is 14.0. The minimum absolute atomic E-state index is 0.0445. The molecule has 0 radical (unpaired) electrons. The molecule has 64 heavy (non-hydrogen) atoms. The number of nitrogens with one attached hydrogen (secondary N) is 2. The van der Waals surface area contributed by atoms with Crippen molar-refractivity contribution in [1.82, 2.24) is 14.5 Å². The summed E-state index contributed by atoms with van der Waals surface area (Å²) in [7, 11) is -4.64. The predicted molar refractivity (Wildman–Crippen MR) is 246 cm³/mol. The van der Waals surface area contributed by atoms with Crippen LogP contribution < -0.4 is 19.7 Å². The highest BCUT2D eigenvalue weighted by atomic mass is 35.5. The van der Waals surface area contributed by atoms with Crippen molar-refractivity contribution < 1.29 is 31.7 Å². The fourth-order valence-corrected chi connectivity index (χ4v) is 10.2. The molecule has 2 N–H and O–H groups in total. The largest absolute Gasteiger partial charge is 0.456 e. The van der Waals surface area contributed by atoms with Crippen LogP contribution in [0.1, 0.15) is 66.6 Å². The Morgan fingerprint density at radius 2 is 1.77 bits per heavy atom. The van der Waals surface area contributed by atoms with Gasteiger partial charge in [-0.3, -0.25) is 29.7 Å². The number of sulfonamides is 1. The molecule has 2 fully saturated rings. The molecule has 0 saturated carbocycles. The molecule has 338 valence electrons. The van der Waals surface area contributed by atoms with Crippen LogP contribution in [-0.4, -0.2) is 107 Å². The molecule has 13 nitrogen and oxygen atoms in total. The zero-order valence-corrected chi connectivity index (χ0v) is 37.4. The smallest absolute Gasteiger partial charge is 0.293 e. The van der Waals surface area contributed by atoms with Crippen LogP contribution in [0.5, 0.6) is 11.5 Å². The van der Waals surface area contributed by atoms with E-state index in [-0.39, 0.29) is 35.0 Å². The van der Waals surface area contributed by atoms with E-state index in [4.69, 9.17) is 16.3 Å². The number of amides is 1. The van der Waals surface area contributed by atoms with Gasteiger partial charge in [0.1, 0.15) is 30.5 Å². The number of nitro benzene ring substituents is 1. The SMILES string of the molecule is CC1(C)CCC(CN2CCN(c3ccc(C(=O)NS(=O)(=O)c4ccc(N[C@@H]5CCN(C(CF)CF)C5)c([N+](=O)[O-])c4)c(Oc4cccc5c4C=NC5)c3)CC2)=C(c2ccc(Cl)cc2)C1. The summed E-state index contributed by atoms with van der Waals surface area (Å²) < 4.78 is 62.7. The molecule has 4 aliphatic rings. The van der Waals surface area contributed by atoms with Gasteiger partial charge in [0.05, 0.1) is 28.0 Å². The number of aliphatic imine (C=N–C) groups is 1. The third-order valence-electron chi connectivity index (χ3n) is 12.8. The predicted octanol–water partition coefficient (Wildman–Crippen LogP) is 8.67. The molecule has 0 bridgehead atoms. The highest BCUT2D eigenvalue weighted by Gasteiger charge is 2.33. The van der Waals surface area contributed by atoms with Gasteiger partial charge >= 0.3 is 0 Å². The van der Waals surface area contributed by atoms with E-state index in [1.165, 1.54) is 34.9 Å². The second kappa shape index (κ2) is 19.0. The fourth-order valence-electron chi connectivity index (χ4n) is 9.08. The van der Waals surface area contributed by atoms with Gasteiger partial charge in [-0.1, -0.05) is 55.3 Å². The molecule has 17 heteroatoms. The number of piperazine rings is 1. The van der Waals surface area contributed by atoms with E-state index < -0.39 is 50.8 Å². The Labute approximate surface area is 377 Å². The summed E-state index contributed by atoms with van der Waals surface area (Å²) in [4.78, 5) is 35.7. The van der Waals surface area contributed by atoms with Crippen molar-refractivity contribution in [1.29, 1.82) is 0 Å². The Kier molecular flexibility index (Phi) is 13.4. The number of likely N-dealkylation sites (tertiary alicyclic amines) is 1. The minimum Gasteiger partial charge on any atom is -0.456 e. The van der Waals surface area contributed by atoms with Crippen LogP contribution in [-0.2, 0) is 16.6 Å². The van der Waals surface area contributed by atoms with Crippen molar-refractivity contribution in [3.63, 3.8) is 0 Å². The molecule has 1 atom stereocenters. The van der Waals surface area contributed by atoms with E-state index in [2.05, 4.69) is 50.8 Å². The molecule has 1 amide bonds. The third-order valence-corrected chi connectivity index (χ3v) is 14.3. The van der Waals surface area contributed by atoms with Crippen molar-refractivity contribution in [3.8, 4) is 11.5 Å². The van der Waals surface area contributed by atoms with Crippen molar-refractivity contribution in [3.05, 3.63) is 122 Å². The van der Waals surface area contributed by atoms with E-state index >= 15 is 0 Å². The molecule has 2 saturated heterocycles. The number of carbonyl (C=O) groups is 1. The van der Waals surface area contributed by atoms with Crippen molar-refractivity contribution in [2.75, 3.05) is 69.4 Å². The summed E-state index contributed by atoms with van der Waals surface area (Å²) in [5, 5.41) is 15.9. The summed E-state index contributed by atoms with van der Waals surface area (Å²) in [6, 6.07) is 20.8. The lowest BCUT2D eigenvalue weighted by Crippen LogP contribution is -2.47. The molecule has 0 spiro atoms. The molecule has 4 aromatic rings. The first-order valence-electron chi connectivity index (χ1n) is 21.6. The Morgan fingerprint density at radius 3 is 2.50 bits per heavy atom. The van der Waals surface area contributed by atoms with E-state index in [0.717, 1.165) is 66.8 Å². The lowest BCUT2D eigenvalue weighted by atomic mass is 9.72. The van der Waals surface area contributed by atoms with Gasteiger partial charge in [0, 0.05) is 86.5 Å². The topological polar surface area (TPSA) is 150 Å². The first-order valence-corrected chi connectivity index (χ1v) is 23.4. The molecule has 0 aromatic heterocycles. The quantitative estimate of drug-likeness (QED) is 0.0877. The number of hydrogen-bond acceptors (Lipinski definition) is 11. The molecule has 0 unspecified atom stereocenters. The Morgan fingerprint density at radius 1 is 1.00 bits per heavy atom. The van der Waals surface area contributed by atoms with Crippen LogP contribution in [0.4, 0.5) is 25.8 Å². The Bertz CT molecular complexity index is 2580. The number of nitrogens with zero attached hydrogens (tertiary/aromatic N) is 5. The van der Waals surface area contributed by atoms with Gasteiger partial charge in [-0.05, 0) is 90.3 Å². The Balaban J connectivity index is 1.00. The number of halogens is 3. The van der Waals surface area contributed by atoms with Crippen LogP contribution in [0, 0.1) is 15.5 Å². The number of hydrogen-bond donors (Lipinski definition) is 2. The van der Waals surface area contributed by atoms with Crippen LogP contribution in [0.25, 0.3) is 5.57 Å². The van der Waals surface area contributed by atoms with Crippen molar-refractivity contribution in [2.24, 2.45) is 10.4 Å². The molecule has 1 aliphatic carbocycles. The summed E-state index contributed by atoms with van der Waals surface area (Å²) >= 11 is 6.24. The molecule has 4 aromatic carbocycles. The fraction of sp³-hybridized carbons (Fsp3) is 0.404. The number of fused-ring (bicyclic) bond motifs is 1. The standard InChI is InChI=1S/C47H52ClF2N7O6S/c1-47(2)16-14-33(40(24-47)31-6-8-34(48)9-7-31)29-54-18-20-55(21-19-54)36-10-12-39(45(22-36)63-44-5-3-4-32-27-51-28-41(32)44)46(58)53-64(61,62)38-11-13-42(43(23-38)57(59)60)52-35-15-17-56(30-35)37(25-49)26-50/h3-13,22-23,28,35,37,52H,14-21,24-27,29-30H2,1-2H3,(H,53,58)/t35-/m1/s1. The zero-order valence-electron chi connectivity index (χ0n) is 35.9. The van der Waals surface area contributed by atoms with Gasteiger partial charge in [-0.25, -0.2) is 21.9 Å². The molecular weight excluding hydrogens is 864 g/mol. The van der Waals surface area contributed by atoms with E-state index in [1.54, 1.807) is 29.3 Å². The van der Waals surface area contributed by atoms with Crippen LogP contribution >= 0.6 is 11.6 Å². The van der Waals surface area contributed by atoms with E-state index in [9.17, 15) is 32.1 Å². The molecule has 3 heterocycles. The highest BCUT2D eigenvalue weighted by molar-refractivity contribution is 7.90. The van der Waals surface area contributed by atoms with Gasteiger partial charge in [0.2, 0.25) is 0 Å². The van der Waals surface area contributed by atoms with E-state index in [1.807, 2.05) is 24.3 Å². The maximum absolute atomic E-state index is 14.0. The van der Waals surface area contributed by atoms with Gasteiger partial charge in [0.25, 0.3) is 21.6 Å². The molecular formula is C47H52ClF2N7O6S. The van der Waals surface area contributed by atoms with Crippen LogP contribution in [0.3, 0.4) is 0 Å². The third kappa shape index (κ3) is 10.1. The number of alkyl halides is 2. The normalized spacial score (nSPS) is 19.0. The Hall–Kier alpha value is -5.42. The number of rotatable bonds is 15. The van der Waals surface area contributed by atoms with Crippen LogP contribution in [0.15, 0.2) is 94.3 Å². The monoisotopic (exact) mass is 915 g/mol. The van der Waals surface area contributed by atoms with Crippen molar-refractivity contribution >= 4 is 56.4 Å². The van der Waals surface area contributed by atoms with Gasteiger partial charge in [-0.2, -0.15) is 0 Å². The second-order valence-corrected chi connectivity index (χ2v) is 19.9. The summed E-state index contributed by atoms with van der Waals surface area (Å²) in [5.41, 5.74) is 6.24. The number of anilines is 2. The summed E-state index contributed by atoms with van der Waals surface area (Å²) in [6.45, 7) is 7.97.